The minimum Gasteiger partial charge on any atom is -0.0992 e. The number of rotatable bonds is 6. The molecule has 0 nitrogen and oxygen atoms in total. The molecule has 0 spiro atoms. The lowest BCUT2D eigenvalue weighted by atomic mass is 10.2. The van der Waals surface area contributed by atoms with Crippen molar-refractivity contribution in [1.29, 1.82) is 0 Å². The fourth-order valence-electron chi connectivity index (χ4n) is 1.47. The van der Waals surface area contributed by atoms with Crippen LogP contribution >= 0.6 is 35.0 Å². The van der Waals surface area contributed by atoms with Gasteiger partial charge in [0.25, 0.3) is 0 Å². The van der Waals surface area contributed by atoms with Crippen LogP contribution in [-0.2, 0) is 0 Å². The van der Waals surface area contributed by atoms with Gasteiger partial charge in [0, 0.05) is 11.3 Å². The summed E-state index contributed by atoms with van der Waals surface area (Å²) in [7, 11) is 0. The summed E-state index contributed by atoms with van der Waals surface area (Å²) in [6.45, 7) is 2.20. The molecule has 0 saturated carbocycles. The van der Waals surface area contributed by atoms with Crippen LogP contribution in [0.3, 0.4) is 0 Å². The quantitative estimate of drug-likeness (QED) is 0.273. The van der Waals surface area contributed by atoms with E-state index in [0.29, 0.717) is 0 Å². The summed E-state index contributed by atoms with van der Waals surface area (Å²) in [6, 6.07) is 9.85. The number of benzene rings is 1. The smallest absolute Gasteiger partial charge is 0.0992 e. The number of halogens is 2. The number of hydrogen-bond acceptors (Lipinski definition) is 1. The van der Waals surface area contributed by atoms with Crippen molar-refractivity contribution in [3.63, 3.8) is 0 Å². The molecule has 1 rings (SSSR count). The van der Waals surface area contributed by atoms with Crippen LogP contribution in [0.4, 0.5) is 0 Å². The molecule has 0 amide bonds. The normalized spacial score (nSPS) is 10.8. The second kappa shape index (κ2) is 8.75. The average molecular weight is 301 g/mol. The Hall–Kier alpha value is -0.290. The lowest BCUT2D eigenvalue weighted by Gasteiger charge is -2.11. The topological polar surface area (TPSA) is 0 Å². The van der Waals surface area contributed by atoms with Crippen molar-refractivity contribution < 1.29 is 0 Å². The van der Waals surface area contributed by atoms with Crippen molar-refractivity contribution in [2.24, 2.45) is 0 Å². The minimum atomic E-state index is -1.05. The first-order valence-electron chi connectivity index (χ1n) is 6.26. The van der Waals surface area contributed by atoms with E-state index in [1.54, 1.807) is 0 Å². The molecule has 0 aliphatic heterocycles. The third-order valence-electron chi connectivity index (χ3n) is 2.38. The van der Waals surface area contributed by atoms with E-state index in [4.69, 9.17) is 23.2 Å². The first-order chi connectivity index (χ1) is 8.64. The van der Waals surface area contributed by atoms with E-state index in [2.05, 4.69) is 18.8 Å². The zero-order chi connectivity index (χ0) is 13.3. The minimum absolute atomic E-state index is 0.872. The highest BCUT2D eigenvalue weighted by Crippen LogP contribution is 2.39. The molecule has 0 radical (unpaired) electrons. The summed E-state index contributed by atoms with van der Waals surface area (Å²) < 4.78 is -1.05. The molecule has 0 N–H and O–H groups in total. The van der Waals surface area contributed by atoms with Crippen molar-refractivity contribution >= 4 is 35.0 Å². The van der Waals surface area contributed by atoms with E-state index in [0.717, 1.165) is 17.7 Å². The maximum atomic E-state index is 6.17. The number of alkyl halides is 2. The van der Waals surface area contributed by atoms with Crippen LogP contribution in [0.5, 0.6) is 0 Å². The molecule has 1 aromatic rings. The fourth-order valence-corrected chi connectivity index (χ4v) is 2.85. The molecule has 98 valence electrons. The predicted octanol–water partition coefficient (Wildman–Crippen LogP) is 5.88. The van der Waals surface area contributed by atoms with Crippen molar-refractivity contribution in [2.45, 2.75) is 47.6 Å². The Kier molecular flexibility index (Phi) is 7.66. The maximum absolute atomic E-state index is 6.17. The van der Waals surface area contributed by atoms with Gasteiger partial charge in [0.2, 0.25) is 3.67 Å². The van der Waals surface area contributed by atoms with E-state index in [-0.39, 0.29) is 0 Å². The molecule has 0 fully saturated rings. The summed E-state index contributed by atoms with van der Waals surface area (Å²) in [4.78, 5) is 1.03. The van der Waals surface area contributed by atoms with Gasteiger partial charge < -0.3 is 0 Å². The Labute approximate surface area is 124 Å². The molecule has 18 heavy (non-hydrogen) atoms. The van der Waals surface area contributed by atoms with Crippen LogP contribution in [0.25, 0.3) is 0 Å². The molecular weight excluding hydrogens is 283 g/mol. The summed E-state index contributed by atoms with van der Waals surface area (Å²) in [6.07, 6.45) is 5.74. The zero-order valence-corrected chi connectivity index (χ0v) is 12.9. The Morgan fingerprint density at radius 1 is 1.11 bits per heavy atom. The second-order valence-electron chi connectivity index (χ2n) is 4.04. The lowest BCUT2D eigenvalue weighted by Crippen LogP contribution is -2.01. The molecule has 1 aromatic carbocycles. The highest BCUT2D eigenvalue weighted by molar-refractivity contribution is 8.03. The predicted molar refractivity (Wildman–Crippen MR) is 83.3 cm³/mol. The largest absolute Gasteiger partial charge is 0.228 e. The van der Waals surface area contributed by atoms with E-state index >= 15 is 0 Å². The van der Waals surface area contributed by atoms with Gasteiger partial charge in [0.15, 0.2) is 0 Å². The maximum Gasteiger partial charge on any atom is 0.228 e. The molecule has 0 heterocycles. The van der Waals surface area contributed by atoms with Crippen LogP contribution in [0.1, 0.15) is 39.0 Å². The van der Waals surface area contributed by atoms with Crippen LogP contribution in [0, 0.1) is 11.8 Å². The lowest BCUT2D eigenvalue weighted by molar-refractivity contribution is 0.679. The molecule has 0 aliphatic carbocycles. The summed E-state index contributed by atoms with van der Waals surface area (Å²) in [5.74, 6) is 6.00. The average Bonchev–Trinajstić information content (AvgIpc) is 2.34. The Morgan fingerprint density at radius 3 is 2.50 bits per heavy atom. The molecular formula is C15H18Cl2S. The van der Waals surface area contributed by atoms with E-state index in [9.17, 15) is 0 Å². The monoisotopic (exact) mass is 300 g/mol. The van der Waals surface area contributed by atoms with Crippen LogP contribution < -0.4 is 0 Å². The van der Waals surface area contributed by atoms with Gasteiger partial charge in [-0.3, -0.25) is 0 Å². The molecule has 3 heteroatoms. The van der Waals surface area contributed by atoms with Gasteiger partial charge >= 0.3 is 0 Å². The summed E-state index contributed by atoms with van der Waals surface area (Å²) in [5, 5.41) is 0. The second-order valence-corrected chi connectivity index (χ2v) is 7.11. The first kappa shape index (κ1) is 15.8. The molecule has 0 bridgehead atoms. The Bertz CT molecular complexity index is 390. The Balaban J connectivity index is 2.37. The third kappa shape index (κ3) is 7.21. The highest BCUT2D eigenvalue weighted by atomic mass is 35.5. The summed E-state index contributed by atoms with van der Waals surface area (Å²) >= 11 is 13.7. The fraction of sp³-hybridized carbons (Fsp3) is 0.467. The van der Waals surface area contributed by atoms with Gasteiger partial charge in [-0.25, -0.2) is 0 Å². The number of thioether (sulfide) groups is 1. The van der Waals surface area contributed by atoms with Gasteiger partial charge in [-0.05, 0) is 18.6 Å². The van der Waals surface area contributed by atoms with Gasteiger partial charge in [0.05, 0.1) is 0 Å². The standard InChI is InChI=1S/C15H18Cl2S/c1-2-3-4-5-6-10-13-15(16,17)18-14-11-8-7-9-12-14/h7-9,11-12H,2-6H2,1H3. The van der Waals surface area contributed by atoms with Crippen LogP contribution in [0.2, 0.25) is 0 Å². The van der Waals surface area contributed by atoms with Crippen molar-refractivity contribution in [2.75, 3.05) is 0 Å². The van der Waals surface area contributed by atoms with Crippen molar-refractivity contribution in [3.05, 3.63) is 30.3 Å². The molecule has 0 aliphatic rings. The number of unbranched alkanes of at least 4 members (excludes halogenated alkanes) is 4. The first-order valence-corrected chi connectivity index (χ1v) is 7.83. The Morgan fingerprint density at radius 2 is 1.83 bits per heavy atom. The number of hydrogen-bond donors (Lipinski definition) is 0. The van der Waals surface area contributed by atoms with Gasteiger partial charge in [-0.1, -0.05) is 91.2 Å². The van der Waals surface area contributed by atoms with Crippen molar-refractivity contribution in [3.8, 4) is 11.8 Å². The molecule has 0 saturated heterocycles. The SMILES string of the molecule is CCCCCCC#CC(Cl)(Cl)Sc1ccccc1. The van der Waals surface area contributed by atoms with Crippen LogP contribution in [-0.4, -0.2) is 3.67 Å². The third-order valence-corrected chi connectivity index (χ3v) is 3.90. The van der Waals surface area contributed by atoms with Crippen LogP contribution in [0.15, 0.2) is 35.2 Å². The van der Waals surface area contributed by atoms with Gasteiger partial charge in [0.1, 0.15) is 0 Å². The van der Waals surface area contributed by atoms with E-state index in [1.807, 2.05) is 30.3 Å². The highest BCUT2D eigenvalue weighted by Gasteiger charge is 2.22. The van der Waals surface area contributed by atoms with E-state index in [1.165, 1.54) is 31.0 Å². The zero-order valence-electron chi connectivity index (χ0n) is 10.6. The van der Waals surface area contributed by atoms with E-state index < -0.39 is 3.67 Å². The summed E-state index contributed by atoms with van der Waals surface area (Å²) in [5.41, 5.74) is 0. The molecule has 0 aromatic heterocycles. The van der Waals surface area contributed by atoms with Gasteiger partial charge in [-0.15, -0.1) is 0 Å². The van der Waals surface area contributed by atoms with Crippen molar-refractivity contribution in [1.82, 2.24) is 0 Å². The molecule has 0 atom stereocenters. The molecule has 0 unspecified atom stereocenters. The van der Waals surface area contributed by atoms with Gasteiger partial charge in [-0.2, -0.15) is 0 Å².